The van der Waals surface area contributed by atoms with Gasteiger partial charge >= 0.3 is 0 Å². The van der Waals surface area contributed by atoms with Crippen molar-refractivity contribution in [3.8, 4) is 5.75 Å². The van der Waals surface area contributed by atoms with Gasteiger partial charge in [0.25, 0.3) is 0 Å². The fourth-order valence-corrected chi connectivity index (χ4v) is 1.77. The lowest BCUT2D eigenvalue weighted by Gasteiger charge is -2.29. The molecule has 2 rings (SSSR count). The normalized spacial score (nSPS) is 15.1. The van der Waals surface area contributed by atoms with E-state index in [1.54, 1.807) is 6.07 Å². The maximum Gasteiger partial charge on any atom is 0.141 e. The van der Waals surface area contributed by atoms with Gasteiger partial charge < -0.3 is 15.3 Å². The van der Waals surface area contributed by atoms with Gasteiger partial charge in [-0.15, -0.1) is 0 Å². The lowest BCUT2D eigenvalue weighted by Crippen LogP contribution is -2.30. The van der Waals surface area contributed by atoms with Gasteiger partial charge in [-0.2, -0.15) is 0 Å². The molecule has 2 N–H and O–H groups in total. The second-order valence-electron chi connectivity index (χ2n) is 3.53. The molecule has 1 aromatic carbocycles. The van der Waals surface area contributed by atoms with Gasteiger partial charge in [0, 0.05) is 20.1 Å². The lowest BCUT2D eigenvalue weighted by atomic mass is 10.1. The summed E-state index contributed by atoms with van der Waals surface area (Å²) in [4.78, 5) is 2.07. The second kappa shape index (κ2) is 2.83. The van der Waals surface area contributed by atoms with E-state index in [4.69, 9.17) is 0 Å². The number of benzene rings is 1. The van der Waals surface area contributed by atoms with Gasteiger partial charge in [0.1, 0.15) is 11.4 Å². The molecule has 0 aliphatic carbocycles. The summed E-state index contributed by atoms with van der Waals surface area (Å²) in [6.45, 7) is 3.85. The maximum absolute atomic E-state index is 9.73. The Balaban J connectivity index is 2.56. The Labute approximate surface area is 78.0 Å². The van der Waals surface area contributed by atoms with Crippen LogP contribution in [0, 0.1) is 6.92 Å². The predicted molar refractivity (Wildman–Crippen MR) is 54.6 cm³/mol. The first-order chi connectivity index (χ1) is 6.18. The van der Waals surface area contributed by atoms with Gasteiger partial charge in [0.05, 0.1) is 5.69 Å². The van der Waals surface area contributed by atoms with Crippen LogP contribution in [0.25, 0.3) is 0 Å². The molecular formula is C10H14N2O. The number of hydrogen-bond donors (Lipinski definition) is 2. The van der Waals surface area contributed by atoms with E-state index >= 15 is 0 Å². The third-order valence-corrected chi connectivity index (χ3v) is 2.38. The minimum absolute atomic E-state index is 0.365. The van der Waals surface area contributed by atoms with Crippen LogP contribution in [0.3, 0.4) is 0 Å². The first-order valence-electron chi connectivity index (χ1n) is 4.47. The highest BCUT2D eigenvalue weighted by molar-refractivity contribution is 5.78. The fourth-order valence-electron chi connectivity index (χ4n) is 1.77. The molecule has 0 unspecified atom stereocenters. The number of hydrogen-bond acceptors (Lipinski definition) is 3. The standard InChI is InChI=1S/C10H14N2O/c1-7-5-8-10(9(13)6-7)12(2)4-3-11-8/h5-6,11,13H,3-4H2,1-2H3. The molecular weight excluding hydrogens is 164 g/mol. The Morgan fingerprint density at radius 1 is 1.46 bits per heavy atom. The molecule has 1 aliphatic heterocycles. The average Bonchev–Trinajstić information content (AvgIpc) is 2.02. The van der Waals surface area contributed by atoms with E-state index in [0.717, 1.165) is 30.0 Å². The lowest BCUT2D eigenvalue weighted by molar-refractivity contribution is 0.474. The molecule has 70 valence electrons. The summed E-state index contributed by atoms with van der Waals surface area (Å²) in [5.41, 5.74) is 3.03. The molecule has 0 saturated carbocycles. The van der Waals surface area contributed by atoms with Crippen molar-refractivity contribution in [1.29, 1.82) is 0 Å². The van der Waals surface area contributed by atoms with Crippen LogP contribution in [0.1, 0.15) is 5.56 Å². The molecule has 3 nitrogen and oxygen atoms in total. The third kappa shape index (κ3) is 1.30. The molecule has 0 bridgehead atoms. The van der Waals surface area contributed by atoms with Crippen molar-refractivity contribution in [2.24, 2.45) is 0 Å². The van der Waals surface area contributed by atoms with Crippen LogP contribution in [0.15, 0.2) is 12.1 Å². The van der Waals surface area contributed by atoms with Crippen molar-refractivity contribution in [2.45, 2.75) is 6.92 Å². The van der Waals surface area contributed by atoms with Crippen LogP contribution in [-0.2, 0) is 0 Å². The summed E-state index contributed by atoms with van der Waals surface area (Å²) in [6, 6.07) is 3.85. The maximum atomic E-state index is 9.73. The van der Waals surface area contributed by atoms with Crippen LogP contribution in [-0.4, -0.2) is 25.2 Å². The Kier molecular flexibility index (Phi) is 1.79. The highest BCUT2D eigenvalue weighted by atomic mass is 16.3. The van der Waals surface area contributed by atoms with Gasteiger partial charge in [-0.1, -0.05) is 0 Å². The molecule has 1 heterocycles. The zero-order valence-corrected chi connectivity index (χ0v) is 7.96. The van der Waals surface area contributed by atoms with Crippen LogP contribution in [0.5, 0.6) is 5.75 Å². The fraction of sp³-hybridized carbons (Fsp3) is 0.400. The number of aryl methyl sites for hydroxylation is 1. The molecule has 1 aliphatic rings. The molecule has 0 spiro atoms. The number of anilines is 2. The Bertz CT molecular complexity index is 336. The Hall–Kier alpha value is -1.38. The molecule has 3 heteroatoms. The second-order valence-corrected chi connectivity index (χ2v) is 3.53. The van der Waals surface area contributed by atoms with E-state index in [0.29, 0.717) is 5.75 Å². The molecule has 0 radical (unpaired) electrons. The van der Waals surface area contributed by atoms with Crippen molar-refractivity contribution < 1.29 is 5.11 Å². The summed E-state index contributed by atoms with van der Waals surface area (Å²) < 4.78 is 0. The van der Waals surface area contributed by atoms with Crippen molar-refractivity contribution in [2.75, 3.05) is 30.4 Å². The molecule has 0 fully saturated rings. The highest BCUT2D eigenvalue weighted by Gasteiger charge is 2.16. The number of aromatic hydroxyl groups is 1. The van der Waals surface area contributed by atoms with Gasteiger partial charge in [-0.05, 0) is 24.6 Å². The minimum atomic E-state index is 0.365. The number of nitrogens with zero attached hydrogens (tertiary/aromatic N) is 1. The van der Waals surface area contributed by atoms with Gasteiger partial charge in [-0.25, -0.2) is 0 Å². The largest absolute Gasteiger partial charge is 0.506 e. The van der Waals surface area contributed by atoms with Crippen LogP contribution in [0.2, 0.25) is 0 Å². The number of fused-ring (bicyclic) bond motifs is 1. The van der Waals surface area contributed by atoms with E-state index in [-0.39, 0.29) is 0 Å². The van der Waals surface area contributed by atoms with E-state index in [1.807, 2.05) is 14.0 Å². The number of likely N-dealkylation sites (N-methyl/N-ethyl adjacent to an activating group) is 1. The van der Waals surface area contributed by atoms with Crippen LogP contribution < -0.4 is 10.2 Å². The monoisotopic (exact) mass is 178 g/mol. The minimum Gasteiger partial charge on any atom is -0.506 e. The first kappa shape index (κ1) is 8.23. The molecule has 0 amide bonds. The van der Waals surface area contributed by atoms with Crippen molar-refractivity contribution >= 4 is 11.4 Å². The summed E-state index contributed by atoms with van der Waals surface area (Å²) in [5.74, 6) is 0.365. The average molecular weight is 178 g/mol. The van der Waals surface area contributed by atoms with E-state index in [2.05, 4.69) is 16.3 Å². The van der Waals surface area contributed by atoms with Crippen molar-refractivity contribution in [3.63, 3.8) is 0 Å². The Morgan fingerprint density at radius 3 is 3.00 bits per heavy atom. The highest BCUT2D eigenvalue weighted by Crippen LogP contribution is 2.37. The zero-order chi connectivity index (χ0) is 9.42. The molecule has 0 aromatic heterocycles. The predicted octanol–water partition coefficient (Wildman–Crippen LogP) is 1.56. The Morgan fingerprint density at radius 2 is 2.23 bits per heavy atom. The molecule has 1 aromatic rings. The summed E-state index contributed by atoms with van der Waals surface area (Å²) in [5, 5.41) is 13.0. The van der Waals surface area contributed by atoms with Gasteiger partial charge in [0.2, 0.25) is 0 Å². The van der Waals surface area contributed by atoms with E-state index < -0.39 is 0 Å². The van der Waals surface area contributed by atoms with Crippen LogP contribution in [0.4, 0.5) is 11.4 Å². The van der Waals surface area contributed by atoms with E-state index in [1.165, 1.54) is 0 Å². The van der Waals surface area contributed by atoms with Crippen LogP contribution >= 0.6 is 0 Å². The SMILES string of the molecule is Cc1cc(O)c2c(c1)NCCN2C. The van der Waals surface area contributed by atoms with Crippen molar-refractivity contribution in [3.05, 3.63) is 17.7 Å². The van der Waals surface area contributed by atoms with E-state index in [9.17, 15) is 5.11 Å². The first-order valence-corrected chi connectivity index (χ1v) is 4.47. The van der Waals surface area contributed by atoms with Gasteiger partial charge in [-0.3, -0.25) is 0 Å². The summed E-state index contributed by atoms with van der Waals surface area (Å²) in [7, 11) is 1.99. The number of rotatable bonds is 0. The zero-order valence-electron chi connectivity index (χ0n) is 7.96. The van der Waals surface area contributed by atoms with Crippen molar-refractivity contribution in [1.82, 2.24) is 0 Å². The topological polar surface area (TPSA) is 35.5 Å². The summed E-state index contributed by atoms with van der Waals surface area (Å²) >= 11 is 0. The quantitative estimate of drug-likeness (QED) is 0.633. The smallest absolute Gasteiger partial charge is 0.141 e. The molecule has 0 atom stereocenters. The number of nitrogens with one attached hydrogen (secondary N) is 1. The third-order valence-electron chi connectivity index (χ3n) is 2.38. The molecule has 13 heavy (non-hydrogen) atoms. The summed E-state index contributed by atoms with van der Waals surface area (Å²) in [6.07, 6.45) is 0. The number of phenolic OH excluding ortho intramolecular Hbond substituents is 1. The molecule has 0 saturated heterocycles. The van der Waals surface area contributed by atoms with Gasteiger partial charge in [0.15, 0.2) is 0 Å². The number of phenols is 1.